The van der Waals surface area contributed by atoms with E-state index in [1.165, 1.54) is 22.7 Å². The molecule has 1 amide bonds. The van der Waals surface area contributed by atoms with Crippen molar-refractivity contribution in [3.63, 3.8) is 0 Å². The molecule has 0 unspecified atom stereocenters. The Labute approximate surface area is 181 Å². The maximum atomic E-state index is 13.2. The molecule has 0 aliphatic carbocycles. The van der Waals surface area contributed by atoms with E-state index >= 15 is 0 Å². The highest BCUT2D eigenvalue weighted by atomic mass is 35.5. The van der Waals surface area contributed by atoms with Crippen molar-refractivity contribution in [1.82, 2.24) is 9.88 Å². The number of thiazole rings is 1. The largest absolute Gasteiger partial charge is 0.302 e. The van der Waals surface area contributed by atoms with Crippen LogP contribution in [0.25, 0.3) is 10.2 Å². The summed E-state index contributed by atoms with van der Waals surface area (Å²) in [7, 11) is 0. The number of carbonyl (C=O) groups is 1. The van der Waals surface area contributed by atoms with Gasteiger partial charge in [-0.25, -0.2) is 4.98 Å². The minimum Gasteiger partial charge on any atom is -0.302 e. The van der Waals surface area contributed by atoms with Gasteiger partial charge in [0.05, 0.1) is 19.6 Å². The molecular formula is C18H18Cl3N3OS2. The molecule has 2 heterocycles. The van der Waals surface area contributed by atoms with Crippen LogP contribution in [0, 0.1) is 0 Å². The quantitative estimate of drug-likeness (QED) is 0.413. The van der Waals surface area contributed by atoms with Gasteiger partial charge in [0.2, 0.25) is 0 Å². The summed E-state index contributed by atoms with van der Waals surface area (Å²) in [5.41, 5.74) is 1.10. The number of rotatable bonds is 7. The highest BCUT2D eigenvalue weighted by molar-refractivity contribution is 7.22. The van der Waals surface area contributed by atoms with Crippen LogP contribution in [0.1, 0.15) is 24.2 Å². The number of carbonyl (C=O) groups excluding carboxylic acids is 1. The number of likely N-dealkylation sites (N-methyl/N-ethyl adjacent to an activating group) is 1. The molecule has 1 aromatic carbocycles. The first kappa shape index (κ1) is 20.8. The van der Waals surface area contributed by atoms with Crippen molar-refractivity contribution >= 4 is 78.7 Å². The predicted octanol–water partition coefficient (Wildman–Crippen LogP) is 6.31. The lowest BCUT2D eigenvalue weighted by atomic mass is 10.3. The zero-order chi connectivity index (χ0) is 19.6. The van der Waals surface area contributed by atoms with Crippen molar-refractivity contribution in [3.05, 3.63) is 43.5 Å². The van der Waals surface area contributed by atoms with Crippen LogP contribution in [0.15, 0.2) is 24.3 Å². The second kappa shape index (κ2) is 9.07. The lowest BCUT2D eigenvalue weighted by Crippen LogP contribution is -2.38. The summed E-state index contributed by atoms with van der Waals surface area (Å²) in [5.74, 6) is -0.203. The van der Waals surface area contributed by atoms with E-state index in [0.717, 1.165) is 24.3 Å². The van der Waals surface area contributed by atoms with E-state index in [4.69, 9.17) is 34.8 Å². The van der Waals surface area contributed by atoms with E-state index in [9.17, 15) is 4.79 Å². The molecule has 9 heteroatoms. The summed E-state index contributed by atoms with van der Waals surface area (Å²) in [4.78, 5) is 21.8. The van der Waals surface area contributed by atoms with Gasteiger partial charge in [0.15, 0.2) is 5.13 Å². The number of hydrogen-bond donors (Lipinski definition) is 0. The van der Waals surface area contributed by atoms with Crippen molar-refractivity contribution in [2.24, 2.45) is 0 Å². The molecule has 0 N–H and O–H groups in total. The Morgan fingerprint density at radius 1 is 1.11 bits per heavy atom. The third-order valence-electron chi connectivity index (χ3n) is 4.26. The fraction of sp³-hybridized carbons (Fsp3) is 0.333. The van der Waals surface area contributed by atoms with Crippen LogP contribution in [0.2, 0.25) is 13.7 Å². The van der Waals surface area contributed by atoms with Crippen LogP contribution in [0.3, 0.4) is 0 Å². The number of amides is 1. The van der Waals surface area contributed by atoms with Gasteiger partial charge in [-0.15, -0.1) is 11.3 Å². The number of benzene rings is 1. The molecule has 0 atom stereocenters. The number of halogens is 3. The molecule has 3 rings (SSSR count). The fourth-order valence-corrected chi connectivity index (χ4v) is 5.45. The van der Waals surface area contributed by atoms with Crippen LogP contribution in [0.4, 0.5) is 5.13 Å². The van der Waals surface area contributed by atoms with Crippen molar-refractivity contribution in [1.29, 1.82) is 0 Å². The van der Waals surface area contributed by atoms with Crippen molar-refractivity contribution in [2.45, 2.75) is 13.8 Å². The molecule has 0 saturated carbocycles. The zero-order valence-corrected chi connectivity index (χ0v) is 18.7. The van der Waals surface area contributed by atoms with Crippen molar-refractivity contribution in [2.75, 3.05) is 31.1 Å². The summed E-state index contributed by atoms with van der Waals surface area (Å²) in [5, 5.41) is 1.18. The first-order valence-electron chi connectivity index (χ1n) is 8.48. The number of hydrogen-bond acceptors (Lipinski definition) is 5. The second-order valence-corrected chi connectivity index (χ2v) is 9.51. The van der Waals surface area contributed by atoms with E-state index in [0.29, 0.717) is 36.5 Å². The molecule has 4 nitrogen and oxygen atoms in total. The number of anilines is 1. The van der Waals surface area contributed by atoms with E-state index < -0.39 is 0 Å². The maximum Gasteiger partial charge on any atom is 0.262 e. The highest BCUT2D eigenvalue weighted by Gasteiger charge is 2.25. The molecule has 0 aliphatic rings. The van der Waals surface area contributed by atoms with Gasteiger partial charge in [0.25, 0.3) is 5.91 Å². The van der Waals surface area contributed by atoms with E-state index in [1.54, 1.807) is 17.0 Å². The molecule has 0 spiro atoms. The Kier molecular flexibility index (Phi) is 7.00. The van der Waals surface area contributed by atoms with Gasteiger partial charge in [-0.3, -0.25) is 9.69 Å². The predicted molar refractivity (Wildman–Crippen MR) is 118 cm³/mol. The lowest BCUT2D eigenvalue weighted by Gasteiger charge is -2.24. The van der Waals surface area contributed by atoms with Gasteiger partial charge in [-0.1, -0.05) is 66.1 Å². The van der Waals surface area contributed by atoms with E-state index in [2.05, 4.69) is 23.7 Å². The second-order valence-electron chi connectivity index (χ2n) is 5.80. The average Bonchev–Trinajstić information content (AvgIpc) is 3.22. The Hall–Kier alpha value is -0.890. The molecule has 2 aromatic heterocycles. The molecular weight excluding hydrogens is 445 g/mol. The fourth-order valence-electron chi connectivity index (χ4n) is 2.72. The Balaban J connectivity index is 1.99. The molecule has 0 radical (unpaired) electrons. The smallest absolute Gasteiger partial charge is 0.262 e. The summed E-state index contributed by atoms with van der Waals surface area (Å²) < 4.78 is 1.81. The number of thiophene rings is 1. The standard InChI is InChI=1S/C18H18Cl3N3OS2/c1-3-23(4-2)8-9-24(17(25)11-10-14(20)27-16(11)21)18-22-15-12(19)6-5-7-13(15)26-18/h5-7,10H,3-4,8-9H2,1-2H3. The molecule has 144 valence electrons. The first-order valence-corrected chi connectivity index (χ1v) is 11.2. The molecule has 27 heavy (non-hydrogen) atoms. The number of fused-ring (bicyclic) bond motifs is 1. The molecule has 3 aromatic rings. The summed E-state index contributed by atoms with van der Waals surface area (Å²) in [6, 6.07) is 7.24. The number of para-hydroxylation sites is 1. The van der Waals surface area contributed by atoms with Gasteiger partial charge in [-0.2, -0.15) is 0 Å². The maximum absolute atomic E-state index is 13.2. The topological polar surface area (TPSA) is 36.4 Å². The van der Waals surface area contributed by atoms with Gasteiger partial charge in [-0.05, 0) is 31.3 Å². The monoisotopic (exact) mass is 461 g/mol. The number of nitrogens with zero attached hydrogens (tertiary/aromatic N) is 3. The lowest BCUT2D eigenvalue weighted by molar-refractivity contribution is 0.0984. The van der Waals surface area contributed by atoms with Crippen LogP contribution < -0.4 is 4.90 Å². The van der Waals surface area contributed by atoms with E-state index in [1.807, 2.05) is 12.1 Å². The Morgan fingerprint density at radius 3 is 2.44 bits per heavy atom. The molecule has 0 fully saturated rings. The molecule has 0 saturated heterocycles. The minimum atomic E-state index is -0.203. The van der Waals surface area contributed by atoms with Crippen LogP contribution in [-0.2, 0) is 0 Å². The van der Waals surface area contributed by atoms with Crippen LogP contribution in [0.5, 0.6) is 0 Å². The third-order valence-corrected chi connectivity index (χ3v) is 7.09. The highest BCUT2D eigenvalue weighted by Crippen LogP contribution is 2.36. The zero-order valence-electron chi connectivity index (χ0n) is 14.8. The van der Waals surface area contributed by atoms with Crippen LogP contribution >= 0.6 is 57.5 Å². The summed E-state index contributed by atoms with van der Waals surface area (Å²) >= 11 is 21.2. The molecule has 0 bridgehead atoms. The summed E-state index contributed by atoms with van der Waals surface area (Å²) in [6.07, 6.45) is 0. The van der Waals surface area contributed by atoms with Crippen molar-refractivity contribution < 1.29 is 4.79 Å². The minimum absolute atomic E-state index is 0.203. The average molecular weight is 463 g/mol. The third kappa shape index (κ3) is 4.58. The number of aromatic nitrogens is 1. The first-order chi connectivity index (χ1) is 12.9. The SMILES string of the molecule is CCN(CC)CCN(C(=O)c1cc(Cl)sc1Cl)c1nc2c(Cl)cccc2s1. The van der Waals surface area contributed by atoms with Crippen molar-refractivity contribution in [3.8, 4) is 0 Å². The van der Waals surface area contributed by atoms with Gasteiger partial charge < -0.3 is 4.90 Å². The van der Waals surface area contributed by atoms with Gasteiger partial charge in [0, 0.05) is 13.1 Å². The van der Waals surface area contributed by atoms with Gasteiger partial charge in [0.1, 0.15) is 9.85 Å². The molecule has 0 aliphatic heterocycles. The van der Waals surface area contributed by atoms with Crippen LogP contribution in [-0.4, -0.2) is 42.0 Å². The Bertz CT molecular complexity index is 953. The van der Waals surface area contributed by atoms with E-state index in [-0.39, 0.29) is 5.91 Å². The normalized spacial score (nSPS) is 11.5. The van der Waals surface area contributed by atoms with Gasteiger partial charge >= 0.3 is 0 Å². The Morgan fingerprint density at radius 2 is 1.85 bits per heavy atom. The summed E-state index contributed by atoms with van der Waals surface area (Å²) in [6.45, 7) is 7.26.